The molecule has 0 aromatic rings. The Balaban J connectivity index is 2.69. The molecule has 1 aliphatic heterocycles. The van der Waals surface area contributed by atoms with Gasteiger partial charge < -0.3 is 9.84 Å². The maximum absolute atomic E-state index is 9.31. The molecule has 78 valence electrons. The summed E-state index contributed by atoms with van der Waals surface area (Å²) in [6, 6.07) is 0. The van der Waals surface area contributed by atoms with E-state index in [9.17, 15) is 5.11 Å². The van der Waals surface area contributed by atoms with E-state index < -0.39 is 0 Å². The van der Waals surface area contributed by atoms with Crippen molar-refractivity contribution in [2.24, 2.45) is 0 Å². The maximum atomic E-state index is 9.31. The second-order valence-electron chi connectivity index (χ2n) is 4.19. The Morgan fingerprint density at radius 2 is 1.46 bits per heavy atom. The van der Waals surface area contributed by atoms with Crippen molar-refractivity contribution in [2.45, 2.75) is 64.1 Å². The Morgan fingerprint density at radius 1 is 1.00 bits per heavy atom. The Kier molecular flexibility index (Phi) is 3.36. The molecule has 0 radical (unpaired) electrons. The number of aliphatic hydroxyl groups is 1. The molecule has 1 saturated heterocycles. The summed E-state index contributed by atoms with van der Waals surface area (Å²) in [4.78, 5) is 0. The quantitative estimate of drug-likeness (QED) is 0.731. The van der Waals surface area contributed by atoms with Crippen LogP contribution in [0.2, 0.25) is 0 Å². The lowest BCUT2D eigenvalue weighted by Crippen LogP contribution is -2.37. The lowest BCUT2D eigenvalue weighted by Gasteiger charge is -2.32. The fraction of sp³-hybridized carbons (Fsp3) is 1.00. The molecule has 0 amide bonds. The molecule has 0 spiro atoms. The summed E-state index contributed by atoms with van der Waals surface area (Å²) in [6.07, 6.45) is 5.16. The average Bonchev–Trinajstić information content (AvgIpc) is 2.59. The lowest BCUT2D eigenvalue weighted by molar-refractivity contribution is -0.129. The maximum Gasteiger partial charge on any atom is 0.0918 e. The molecule has 0 aromatic heterocycles. The van der Waals surface area contributed by atoms with Gasteiger partial charge >= 0.3 is 0 Å². The normalized spacial score (nSPS) is 32.3. The van der Waals surface area contributed by atoms with E-state index in [0.29, 0.717) is 0 Å². The van der Waals surface area contributed by atoms with Gasteiger partial charge in [0.2, 0.25) is 0 Å². The number of hydrogen-bond acceptors (Lipinski definition) is 2. The molecule has 2 nitrogen and oxygen atoms in total. The zero-order valence-corrected chi connectivity index (χ0v) is 9.10. The van der Waals surface area contributed by atoms with Gasteiger partial charge in [0.15, 0.2) is 0 Å². The Morgan fingerprint density at radius 3 is 1.69 bits per heavy atom. The molecule has 1 aliphatic rings. The summed E-state index contributed by atoms with van der Waals surface area (Å²) in [5.74, 6) is 0. The molecular formula is C11H22O2. The van der Waals surface area contributed by atoms with E-state index in [0.717, 1.165) is 32.1 Å². The molecule has 0 saturated carbocycles. The largest absolute Gasteiger partial charge is 0.393 e. The highest BCUT2D eigenvalue weighted by atomic mass is 16.5. The molecule has 1 N–H and O–H groups in total. The van der Waals surface area contributed by atoms with Crippen molar-refractivity contribution in [3.8, 4) is 0 Å². The topological polar surface area (TPSA) is 29.5 Å². The Bertz CT molecular complexity index is 139. The molecule has 0 aliphatic carbocycles. The van der Waals surface area contributed by atoms with E-state index in [1.165, 1.54) is 0 Å². The van der Waals surface area contributed by atoms with Gasteiger partial charge in [0.25, 0.3) is 0 Å². The van der Waals surface area contributed by atoms with Gasteiger partial charge in [-0.2, -0.15) is 0 Å². The molecule has 0 bridgehead atoms. The standard InChI is InChI=1S/C11H22O2/c1-4-10(5-2)7-8-11(6-3,9-12)13-10/h12H,4-9H2,1-3H3. The van der Waals surface area contributed by atoms with Gasteiger partial charge in [-0.1, -0.05) is 20.8 Å². The average molecular weight is 186 g/mol. The van der Waals surface area contributed by atoms with Crippen LogP contribution in [0, 0.1) is 0 Å². The highest BCUT2D eigenvalue weighted by Crippen LogP contribution is 2.43. The molecule has 13 heavy (non-hydrogen) atoms. The predicted molar refractivity (Wildman–Crippen MR) is 53.7 cm³/mol. The second-order valence-corrected chi connectivity index (χ2v) is 4.19. The highest BCUT2D eigenvalue weighted by Gasteiger charge is 2.45. The zero-order chi connectivity index (χ0) is 9.95. The second kappa shape index (κ2) is 3.97. The van der Waals surface area contributed by atoms with Crippen LogP contribution < -0.4 is 0 Å². The third-order valence-corrected chi connectivity index (χ3v) is 3.69. The summed E-state index contributed by atoms with van der Waals surface area (Å²) in [6.45, 7) is 6.61. The van der Waals surface area contributed by atoms with E-state index in [-0.39, 0.29) is 17.8 Å². The van der Waals surface area contributed by atoms with E-state index in [1.807, 2.05) is 0 Å². The Hall–Kier alpha value is -0.0800. The van der Waals surface area contributed by atoms with Crippen LogP contribution in [0.1, 0.15) is 52.9 Å². The predicted octanol–water partition coefficient (Wildman–Crippen LogP) is 2.50. The van der Waals surface area contributed by atoms with Crippen molar-refractivity contribution in [2.75, 3.05) is 6.61 Å². The van der Waals surface area contributed by atoms with E-state index in [1.54, 1.807) is 0 Å². The number of ether oxygens (including phenoxy) is 1. The van der Waals surface area contributed by atoms with Gasteiger partial charge in [0.1, 0.15) is 0 Å². The summed E-state index contributed by atoms with van der Waals surface area (Å²) in [7, 11) is 0. The van der Waals surface area contributed by atoms with E-state index in [4.69, 9.17) is 4.74 Å². The number of aliphatic hydroxyl groups excluding tert-OH is 1. The number of rotatable bonds is 4. The first-order valence-electron chi connectivity index (χ1n) is 5.47. The van der Waals surface area contributed by atoms with Gasteiger partial charge in [-0.25, -0.2) is 0 Å². The van der Waals surface area contributed by atoms with Crippen molar-refractivity contribution in [3.63, 3.8) is 0 Å². The molecule has 2 heteroatoms. The molecule has 1 atom stereocenters. The first-order chi connectivity index (χ1) is 6.16. The van der Waals surface area contributed by atoms with Crippen LogP contribution in [0.4, 0.5) is 0 Å². The van der Waals surface area contributed by atoms with Gasteiger partial charge in [-0.05, 0) is 32.1 Å². The molecule has 1 fully saturated rings. The monoisotopic (exact) mass is 186 g/mol. The third-order valence-electron chi connectivity index (χ3n) is 3.69. The molecule has 1 heterocycles. The van der Waals surface area contributed by atoms with Crippen LogP contribution in [0.25, 0.3) is 0 Å². The van der Waals surface area contributed by atoms with Gasteiger partial charge in [-0.15, -0.1) is 0 Å². The summed E-state index contributed by atoms with van der Waals surface area (Å²) in [5, 5.41) is 9.31. The molecular weight excluding hydrogens is 164 g/mol. The molecule has 0 aromatic carbocycles. The van der Waals surface area contributed by atoms with Crippen LogP contribution in [0.15, 0.2) is 0 Å². The molecule has 1 rings (SSSR count). The minimum atomic E-state index is -0.230. The van der Waals surface area contributed by atoms with Crippen LogP contribution in [0.3, 0.4) is 0 Å². The zero-order valence-electron chi connectivity index (χ0n) is 9.10. The first-order valence-corrected chi connectivity index (χ1v) is 5.47. The number of hydrogen-bond donors (Lipinski definition) is 1. The van der Waals surface area contributed by atoms with Crippen molar-refractivity contribution in [3.05, 3.63) is 0 Å². The first kappa shape index (κ1) is 11.0. The van der Waals surface area contributed by atoms with Crippen LogP contribution >= 0.6 is 0 Å². The fourth-order valence-electron chi connectivity index (χ4n) is 2.24. The van der Waals surface area contributed by atoms with Crippen LogP contribution in [-0.2, 0) is 4.74 Å². The van der Waals surface area contributed by atoms with Crippen LogP contribution in [-0.4, -0.2) is 22.9 Å². The van der Waals surface area contributed by atoms with Crippen LogP contribution in [0.5, 0.6) is 0 Å². The van der Waals surface area contributed by atoms with Gasteiger partial charge in [0, 0.05) is 0 Å². The molecule has 1 unspecified atom stereocenters. The summed E-state index contributed by atoms with van der Waals surface area (Å²) < 4.78 is 6.08. The minimum Gasteiger partial charge on any atom is -0.393 e. The highest BCUT2D eigenvalue weighted by molar-refractivity contribution is 4.95. The van der Waals surface area contributed by atoms with Crippen molar-refractivity contribution in [1.82, 2.24) is 0 Å². The third kappa shape index (κ3) is 1.89. The van der Waals surface area contributed by atoms with E-state index >= 15 is 0 Å². The van der Waals surface area contributed by atoms with E-state index in [2.05, 4.69) is 20.8 Å². The summed E-state index contributed by atoms with van der Waals surface area (Å²) >= 11 is 0. The Labute approximate surface area is 81.3 Å². The smallest absolute Gasteiger partial charge is 0.0918 e. The van der Waals surface area contributed by atoms with Gasteiger partial charge in [-0.3, -0.25) is 0 Å². The van der Waals surface area contributed by atoms with Crippen molar-refractivity contribution < 1.29 is 9.84 Å². The fourth-order valence-corrected chi connectivity index (χ4v) is 2.24. The lowest BCUT2D eigenvalue weighted by atomic mass is 9.91. The van der Waals surface area contributed by atoms with Crippen molar-refractivity contribution >= 4 is 0 Å². The minimum absolute atomic E-state index is 0.0543. The summed E-state index contributed by atoms with van der Waals surface area (Å²) in [5.41, 5.74) is -0.176. The SMILES string of the molecule is CCC1(CC)CCC(CC)(CO)O1. The van der Waals surface area contributed by atoms with Gasteiger partial charge in [0.05, 0.1) is 17.8 Å². The van der Waals surface area contributed by atoms with Crippen molar-refractivity contribution in [1.29, 1.82) is 0 Å².